The Balaban J connectivity index is 1.91. The quantitative estimate of drug-likeness (QED) is 0.784. The molecule has 0 unspecified atom stereocenters. The van der Waals surface area contributed by atoms with Gasteiger partial charge in [-0.3, -0.25) is 14.4 Å². The summed E-state index contributed by atoms with van der Waals surface area (Å²) < 4.78 is 1.73. The SMILES string of the molecule is Cn1nccc1C(=O)C1(N2CCCCC2)CCCC1. The lowest BCUT2D eigenvalue weighted by Crippen LogP contribution is -2.55. The van der Waals surface area contributed by atoms with Crippen LogP contribution in [0.5, 0.6) is 0 Å². The molecule has 19 heavy (non-hydrogen) atoms. The number of rotatable bonds is 3. The summed E-state index contributed by atoms with van der Waals surface area (Å²) in [6.07, 6.45) is 9.92. The normalized spacial score (nSPS) is 23.6. The van der Waals surface area contributed by atoms with Crippen molar-refractivity contribution in [2.24, 2.45) is 7.05 Å². The predicted molar refractivity (Wildman–Crippen MR) is 74.2 cm³/mol. The zero-order valence-corrected chi connectivity index (χ0v) is 11.8. The van der Waals surface area contributed by atoms with Crippen molar-refractivity contribution < 1.29 is 4.79 Å². The Bertz CT molecular complexity index is 454. The molecule has 2 fully saturated rings. The molecule has 3 rings (SSSR count). The minimum atomic E-state index is -0.228. The van der Waals surface area contributed by atoms with Crippen molar-refractivity contribution in [1.29, 1.82) is 0 Å². The first-order valence-electron chi connectivity index (χ1n) is 7.52. The summed E-state index contributed by atoms with van der Waals surface area (Å²) in [7, 11) is 1.87. The van der Waals surface area contributed by atoms with Crippen molar-refractivity contribution in [3.8, 4) is 0 Å². The molecule has 2 heterocycles. The smallest absolute Gasteiger partial charge is 0.201 e. The van der Waals surface area contributed by atoms with E-state index in [2.05, 4.69) is 10.00 Å². The fourth-order valence-corrected chi connectivity index (χ4v) is 3.80. The zero-order valence-electron chi connectivity index (χ0n) is 11.8. The number of Topliss-reactive ketones (excluding diaryl/α,β-unsaturated/α-hetero) is 1. The topological polar surface area (TPSA) is 38.1 Å². The van der Waals surface area contributed by atoms with E-state index in [1.165, 1.54) is 32.1 Å². The minimum absolute atomic E-state index is 0.228. The summed E-state index contributed by atoms with van der Waals surface area (Å²) in [5.41, 5.74) is 0.543. The highest BCUT2D eigenvalue weighted by Crippen LogP contribution is 2.39. The van der Waals surface area contributed by atoms with Gasteiger partial charge in [-0.25, -0.2) is 0 Å². The second kappa shape index (κ2) is 5.08. The van der Waals surface area contributed by atoms with Crippen LogP contribution in [0.25, 0.3) is 0 Å². The first kappa shape index (κ1) is 12.9. The molecule has 0 spiro atoms. The van der Waals surface area contributed by atoms with Gasteiger partial charge in [0.2, 0.25) is 5.78 Å². The predicted octanol–water partition coefficient (Wildman–Crippen LogP) is 2.40. The first-order chi connectivity index (χ1) is 9.24. The summed E-state index contributed by atoms with van der Waals surface area (Å²) in [5.74, 6) is 0.298. The van der Waals surface area contributed by atoms with E-state index >= 15 is 0 Å². The van der Waals surface area contributed by atoms with Crippen molar-refractivity contribution in [3.63, 3.8) is 0 Å². The minimum Gasteiger partial charge on any atom is -0.291 e. The van der Waals surface area contributed by atoms with Gasteiger partial charge in [-0.15, -0.1) is 0 Å². The number of aryl methyl sites for hydroxylation is 1. The van der Waals surface area contributed by atoms with Crippen molar-refractivity contribution in [3.05, 3.63) is 18.0 Å². The highest BCUT2D eigenvalue weighted by Gasteiger charge is 2.47. The number of likely N-dealkylation sites (tertiary alicyclic amines) is 1. The molecule has 0 radical (unpaired) electrons. The summed E-state index contributed by atoms with van der Waals surface area (Å²) in [4.78, 5) is 15.5. The number of aromatic nitrogens is 2. The lowest BCUT2D eigenvalue weighted by molar-refractivity contribution is 0.0468. The molecule has 0 aromatic carbocycles. The molecular weight excluding hydrogens is 238 g/mol. The maximum absolute atomic E-state index is 13.0. The number of nitrogens with zero attached hydrogens (tertiary/aromatic N) is 3. The summed E-state index contributed by atoms with van der Waals surface area (Å²) in [6.45, 7) is 2.17. The maximum atomic E-state index is 13.0. The van der Waals surface area contributed by atoms with E-state index in [0.717, 1.165) is 31.6 Å². The van der Waals surface area contributed by atoms with Gasteiger partial charge in [-0.05, 0) is 44.8 Å². The van der Waals surface area contributed by atoms with Gasteiger partial charge < -0.3 is 0 Å². The summed E-state index contributed by atoms with van der Waals surface area (Å²) in [5, 5.41) is 4.16. The fraction of sp³-hybridized carbons (Fsp3) is 0.733. The first-order valence-corrected chi connectivity index (χ1v) is 7.52. The highest BCUT2D eigenvalue weighted by molar-refractivity contribution is 6.02. The third kappa shape index (κ3) is 2.12. The van der Waals surface area contributed by atoms with Crippen LogP contribution in [0.3, 0.4) is 0 Å². The molecule has 4 nitrogen and oxygen atoms in total. The van der Waals surface area contributed by atoms with E-state index in [0.29, 0.717) is 5.78 Å². The highest BCUT2D eigenvalue weighted by atomic mass is 16.1. The van der Waals surface area contributed by atoms with E-state index in [9.17, 15) is 4.79 Å². The molecule has 1 aromatic heterocycles. The van der Waals surface area contributed by atoms with Crippen molar-refractivity contribution in [2.75, 3.05) is 13.1 Å². The van der Waals surface area contributed by atoms with Crippen molar-refractivity contribution in [1.82, 2.24) is 14.7 Å². The van der Waals surface area contributed by atoms with Gasteiger partial charge in [0.15, 0.2) is 0 Å². The van der Waals surface area contributed by atoms with Gasteiger partial charge in [0, 0.05) is 13.2 Å². The molecule has 2 aliphatic rings. The van der Waals surface area contributed by atoms with Crippen molar-refractivity contribution >= 4 is 5.78 Å². The Morgan fingerprint density at radius 2 is 1.84 bits per heavy atom. The summed E-state index contributed by atoms with van der Waals surface area (Å²) in [6, 6.07) is 1.87. The lowest BCUT2D eigenvalue weighted by atomic mass is 9.86. The molecule has 1 aliphatic carbocycles. The van der Waals surface area contributed by atoms with Gasteiger partial charge >= 0.3 is 0 Å². The maximum Gasteiger partial charge on any atom is 0.201 e. The Hall–Kier alpha value is -1.16. The molecule has 0 amide bonds. The van der Waals surface area contributed by atoms with E-state index in [1.807, 2.05) is 13.1 Å². The Labute approximate surface area is 114 Å². The van der Waals surface area contributed by atoms with Gasteiger partial charge in [-0.1, -0.05) is 19.3 Å². The van der Waals surface area contributed by atoms with Crippen LogP contribution in [-0.2, 0) is 7.05 Å². The molecule has 1 aliphatic heterocycles. The number of hydrogen-bond acceptors (Lipinski definition) is 3. The number of piperidine rings is 1. The number of ketones is 1. The second-order valence-corrected chi connectivity index (χ2v) is 5.96. The molecule has 1 aromatic rings. The van der Waals surface area contributed by atoms with Gasteiger partial charge in [0.25, 0.3) is 0 Å². The van der Waals surface area contributed by atoms with E-state index in [4.69, 9.17) is 0 Å². The average Bonchev–Trinajstić information content (AvgIpc) is 3.08. The molecule has 4 heteroatoms. The Morgan fingerprint density at radius 3 is 2.42 bits per heavy atom. The lowest BCUT2D eigenvalue weighted by Gasteiger charge is -2.42. The van der Waals surface area contributed by atoms with Crippen LogP contribution in [0.4, 0.5) is 0 Å². The van der Waals surface area contributed by atoms with Crippen LogP contribution in [0.2, 0.25) is 0 Å². The zero-order chi connectivity index (χ0) is 13.3. The van der Waals surface area contributed by atoms with Crippen molar-refractivity contribution in [2.45, 2.75) is 50.5 Å². The van der Waals surface area contributed by atoms with Crippen LogP contribution in [0.15, 0.2) is 12.3 Å². The largest absolute Gasteiger partial charge is 0.291 e. The van der Waals surface area contributed by atoms with E-state index in [1.54, 1.807) is 10.9 Å². The van der Waals surface area contributed by atoms with E-state index < -0.39 is 0 Å². The fourth-order valence-electron chi connectivity index (χ4n) is 3.80. The molecule has 0 N–H and O–H groups in total. The van der Waals surface area contributed by atoms with Crippen LogP contribution in [0, 0.1) is 0 Å². The molecular formula is C15H23N3O. The van der Waals surface area contributed by atoms with Gasteiger partial charge in [-0.2, -0.15) is 5.10 Å². The van der Waals surface area contributed by atoms with Gasteiger partial charge in [0.05, 0.1) is 5.54 Å². The third-order valence-corrected chi connectivity index (χ3v) is 4.87. The van der Waals surface area contributed by atoms with Crippen LogP contribution in [-0.4, -0.2) is 39.1 Å². The number of carbonyl (C=O) groups excluding carboxylic acids is 1. The monoisotopic (exact) mass is 261 g/mol. The third-order valence-electron chi connectivity index (χ3n) is 4.87. The second-order valence-electron chi connectivity index (χ2n) is 5.96. The van der Waals surface area contributed by atoms with Crippen LogP contribution < -0.4 is 0 Å². The molecule has 0 bridgehead atoms. The Kier molecular flexibility index (Phi) is 3.44. The molecule has 1 saturated heterocycles. The summed E-state index contributed by atoms with van der Waals surface area (Å²) >= 11 is 0. The van der Waals surface area contributed by atoms with Gasteiger partial charge in [0.1, 0.15) is 5.69 Å². The molecule has 104 valence electrons. The Morgan fingerprint density at radius 1 is 1.16 bits per heavy atom. The van der Waals surface area contributed by atoms with Crippen LogP contribution >= 0.6 is 0 Å². The number of carbonyl (C=O) groups is 1. The average molecular weight is 261 g/mol. The van der Waals surface area contributed by atoms with Crippen LogP contribution in [0.1, 0.15) is 55.4 Å². The number of hydrogen-bond donors (Lipinski definition) is 0. The molecule has 1 saturated carbocycles. The standard InChI is InChI=1S/C15H23N3O/c1-17-13(7-10-16-17)14(19)15(8-3-4-9-15)18-11-5-2-6-12-18/h7,10H,2-6,8-9,11-12H2,1H3. The molecule has 0 atom stereocenters. The van der Waals surface area contributed by atoms with E-state index in [-0.39, 0.29) is 5.54 Å².